The van der Waals surface area contributed by atoms with Gasteiger partial charge in [-0.25, -0.2) is 9.67 Å². The van der Waals surface area contributed by atoms with Crippen molar-refractivity contribution in [1.82, 2.24) is 25.4 Å². The molecule has 1 saturated heterocycles. The topological polar surface area (TPSA) is 88.9 Å². The van der Waals surface area contributed by atoms with Gasteiger partial charge in [0.25, 0.3) is 0 Å². The predicted octanol–water partition coefficient (Wildman–Crippen LogP) is 0.157. The highest BCUT2D eigenvalue weighted by Crippen LogP contribution is 2.39. The zero-order valence-electron chi connectivity index (χ0n) is 11.5. The molecule has 20 heavy (non-hydrogen) atoms. The van der Waals surface area contributed by atoms with Gasteiger partial charge < -0.3 is 10.6 Å². The fraction of sp³-hybridized carbons (Fsp3) is 0.692. The number of carbonyl (C=O) groups excluding carboxylic acids is 2. The second-order valence-electron chi connectivity index (χ2n) is 5.71. The molecule has 1 aromatic heterocycles. The molecule has 1 aliphatic heterocycles. The Kier molecular flexibility index (Phi) is 3.19. The largest absolute Gasteiger partial charge is 0.349 e. The molecule has 2 fully saturated rings. The van der Waals surface area contributed by atoms with Gasteiger partial charge in [-0.05, 0) is 32.6 Å². The first-order valence-electron chi connectivity index (χ1n) is 7.06. The normalized spacial score (nSPS) is 25.6. The van der Waals surface area contributed by atoms with Crippen LogP contribution in [0.3, 0.4) is 0 Å². The number of aromatic nitrogens is 3. The van der Waals surface area contributed by atoms with Crippen molar-refractivity contribution in [1.29, 1.82) is 0 Å². The smallest absolute Gasteiger partial charge is 0.244 e. The highest BCUT2D eigenvalue weighted by Gasteiger charge is 2.48. The first kappa shape index (κ1) is 13.1. The van der Waals surface area contributed by atoms with E-state index in [1.807, 2.05) is 0 Å². The van der Waals surface area contributed by atoms with Crippen LogP contribution in [-0.2, 0) is 9.59 Å². The van der Waals surface area contributed by atoms with E-state index in [4.69, 9.17) is 0 Å². The van der Waals surface area contributed by atoms with Crippen LogP contribution in [0.4, 0.5) is 0 Å². The summed E-state index contributed by atoms with van der Waals surface area (Å²) in [6, 6.07) is -0.375. The van der Waals surface area contributed by atoms with E-state index in [0.29, 0.717) is 12.8 Å². The lowest BCUT2D eigenvalue weighted by molar-refractivity contribution is -0.132. The summed E-state index contributed by atoms with van der Waals surface area (Å²) in [5.74, 6) is 0.0162. The van der Waals surface area contributed by atoms with E-state index in [2.05, 4.69) is 20.7 Å². The molecule has 1 saturated carbocycles. The van der Waals surface area contributed by atoms with Gasteiger partial charge in [0.15, 0.2) is 0 Å². The van der Waals surface area contributed by atoms with Crippen LogP contribution in [0, 0.1) is 0 Å². The van der Waals surface area contributed by atoms with Crippen LogP contribution in [0.2, 0.25) is 0 Å². The van der Waals surface area contributed by atoms with Gasteiger partial charge in [-0.3, -0.25) is 9.59 Å². The van der Waals surface area contributed by atoms with Crippen molar-refractivity contribution in [2.45, 2.75) is 56.7 Å². The Hall–Kier alpha value is -1.92. The molecule has 2 unspecified atom stereocenters. The van der Waals surface area contributed by atoms with E-state index in [-0.39, 0.29) is 23.4 Å². The third-order valence-corrected chi connectivity index (χ3v) is 4.49. The minimum Gasteiger partial charge on any atom is -0.349 e. The van der Waals surface area contributed by atoms with Gasteiger partial charge in [-0.1, -0.05) is 0 Å². The molecular formula is C13H19N5O2. The first-order chi connectivity index (χ1) is 9.61. The van der Waals surface area contributed by atoms with Crippen LogP contribution in [0.25, 0.3) is 0 Å². The standard InChI is InChI=1S/C13H19N5O2/c1-9(18-8-14-7-15-18)12(20)16-10-3-4-11(19)17-13(10)5-2-6-13/h7-10H,2-6H2,1H3,(H,16,20)(H,17,19). The molecule has 7 heteroatoms. The number of nitrogens with one attached hydrogen (secondary N) is 2. The third-order valence-electron chi connectivity index (χ3n) is 4.49. The van der Waals surface area contributed by atoms with E-state index >= 15 is 0 Å². The van der Waals surface area contributed by atoms with E-state index in [0.717, 1.165) is 19.3 Å². The second kappa shape index (κ2) is 4.88. The van der Waals surface area contributed by atoms with Crippen LogP contribution in [0.1, 0.15) is 45.1 Å². The quantitative estimate of drug-likeness (QED) is 0.823. The molecule has 2 aliphatic rings. The molecule has 108 valence electrons. The molecule has 7 nitrogen and oxygen atoms in total. The van der Waals surface area contributed by atoms with Gasteiger partial charge in [0.2, 0.25) is 11.8 Å². The van der Waals surface area contributed by atoms with Crippen molar-refractivity contribution in [3.05, 3.63) is 12.7 Å². The minimum absolute atomic E-state index is 0.0208. The van der Waals surface area contributed by atoms with Crippen molar-refractivity contribution in [3.63, 3.8) is 0 Å². The summed E-state index contributed by atoms with van der Waals surface area (Å²) in [5, 5.41) is 10.1. The van der Waals surface area contributed by atoms with E-state index in [1.165, 1.54) is 17.3 Å². The molecule has 2 N–H and O–H groups in total. The zero-order chi connectivity index (χ0) is 14.2. The van der Waals surface area contributed by atoms with Crippen molar-refractivity contribution < 1.29 is 9.59 Å². The van der Waals surface area contributed by atoms with Crippen molar-refractivity contribution >= 4 is 11.8 Å². The number of amides is 2. The summed E-state index contributed by atoms with van der Waals surface area (Å²) in [6.45, 7) is 1.79. The molecule has 0 aromatic carbocycles. The molecule has 2 atom stereocenters. The Balaban J connectivity index is 1.67. The van der Waals surface area contributed by atoms with Crippen molar-refractivity contribution in [2.75, 3.05) is 0 Å². The van der Waals surface area contributed by atoms with Gasteiger partial charge in [0.1, 0.15) is 18.7 Å². The average Bonchev–Trinajstić information content (AvgIpc) is 2.91. The number of hydrogen-bond donors (Lipinski definition) is 2. The Morgan fingerprint density at radius 3 is 3.00 bits per heavy atom. The minimum atomic E-state index is -0.396. The van der Waals surface area contributed by atoms with Crippen LogP contribution in [0.5, 0.6) is 0 Å². The Morgan fingerprint density at radius 2 is 2.40 bits per heavy atom. The van der Waals surface area contributed by atoms with Crippen LogP contribution in [0.15, 0.2) is 12.7 Å². The van der Waals surface area contributed by atoms with Crippen LogP contribution in [-0.4, -0.2) is 38.2 Å². The lowest BCUT2D eigenvalue weighted by atomic mass is 9.68. The van der Waals surface area contributed by atoms with E-state index in [1.54, 1.807) is 6.92 Å². The van der Waals surface area contributed by atoms with E-state index in [9.17, 15) is 9.59 Å². The molecule has 0 radical (unpaired) electrons. The van der Waals surface area contributed by atoms with Crippen molar-refractivity contribution in [3.8, 4) is 0 Å². The molecule has 2 heterocycles. The lowest BCUT2D eigenvalue weighted by Crippen LogP contribution is -2.68. The number of nitrogens with zero attached hydrogens (tertiary/aromatic N) is 3. The highest BCUT2D eigenvalue weighted by atomic mass is 16.2. The Morgan fingerprint density at radius 1 is 1.60 bits per heavy atom. The van der Waals surface area contributed by atoms with Gasteiger partial charge in [0.05, 0.1) is 11.6 Å². The number of carbonyl (C=O) groups is 2. The monoisotopic (exact) mass is 277 g/mol. The molecule has 1 spiro atoms. The van der Waals surface area contributed by atoms with E-state index < -0.39 is 6.04 Å². The van der Waals surface area contributed by atoms with Gasteiger partial charge in [-0.2, -0.15) is 5.10 Å². The molecule has 1 aliphatic carbocycles. The molecular weight excluding hydrogens is 258 g/mol. The van der Waals surface area contributed by atoms with Gasteiger partial charge in [0, 0.05) is 6.42 Å². The summed E-state index contributed by atoms with van der Waals surface area (Å²) in [5.41, 5.74) is -0.215. The maximum atomic E-state index is 12.3. The molecule has 3 rings (SSSR count). The van der Waals surface area contributed by atoms with Gasteiger partial charge >= 0.3 is 0 Å². The fourth-order valence-electron chi connectivity index (χ4n) is 3.05. The summed E-state index contributed by atoms with van der Waals surface area (Å²) in [4.78, 5) is 27.7. The molecule has 1 aromatic rings. The van der Waals surface area contributed by atoms with Gasteiger partial charge in [-0.15, -0.1) is 0 Å². The van der Waals surface area contributed by atoms with Crippen LogP contribution >= 0.6 is 0 Å². The average molecular weight is 277 g/mol. The first-order valence-corrected chi connectivity index (χ1v) is 7.06. The number of hydrogen-bond acceptors (Lipinski definition) is 4. The number of rotatable bonds is 3. The van der Waals surface area contributed by atoms with Crippen LogP contribution < -0.4 is 10.6 Å². The summed E-state index contributed by atoms with van der Waals surface area (Å²) in [7, 11) is 0. The highest BCUT2D eigenvalue weighted by molar-refractivity contribution is 5.82. The summed E-state index contributed by atoms with van der Waals surface area (Å²) < 4.78 is 1.53. The second-order valence-corrected chi connectivity index (χ2v) is 5.71. The fourth-order valence-corrected chi connectivity index (χ4v) is 3.05. The lowest BCUT2D eigenvalue weighted by Gasteiger charge is -2.51. The Labute approximate surface area is 117 Å². The maximum Gasteiger partial charge on any atom is 0.244 e. The third kappa shape index (κ3) is 2.17. The summed E-state index contributed by atoms with van der Waals surface area (Å²) in [6.07, 6.45) is 7.13. The number of piperidine rings is 1. The maximum absolute atomic E-state index is 12.3. The molecule has 0 bridgehead atoms. The SMILES string of the molecule is CC(C(=O)NC1CCC(=O)NC12CCC2)n1cncn1. The molecule has 2 amide bonds. The summed E-state index contributed by atoms with van der Waals surface area (Å²) >= 11 is 0. The van der Waals surface area contributed by atoms with Crippen molar-refractivity contribution in [2.24, 2.45) is 0 Å². The predicted molar refractivity (Wildman–Crippen MR) is 70.6 cm³/mol. The zero-order valence-corrected chi connectivity index (χ0v) is 11.5. The Bertz CT molecular complexity index is 509.